The monoisotopic (exact) mass is 296 g/mol. The number of nitrogens with one attached hydrogen (secondary N) is 1. The van der Waals surface area contributed by atoms with Gasteiger partial charge in [-0.25, -0.2) is 0 Å². The lowest BCUT2D eigenvalue weighted by molar-refractivity contribution is -0.130. The number of thioether (sulfide) groups is 1. The van der Waals surface area contributed by atoms with Crippen molar-refractivity contribution in [2.24, 2.45) is 5.92 Å². The van der Waals surface area contributed by atoms with Gasteiger partial charge in [0.25, 0.3) is 0 Å². The highest BCUT2D eigenvalue weighted by Crippen LogP contribution is 2.32. The number of rotatable bonds is 4. The van der Waals surface area contributed by atoms with Gasteiger partial charge in [0, 0.05) is 11.4 Å². The molecule has 2 fully saturated rings. The van der Waals surface area contributed by atoms with Gasteiger partial charge in [0.15, 0.2) is 0 Å². The first kappa shape index (κ1) is 13.5. The third-order valence-corrected chi connectivity index (χ3v) is 6.11. The first-order valence-corrected chi connectivity index (χ1v) is 9.00. The topological polar surface area (TPSA) is 32.3 Å². The molecule has 5 heteroatoms. The van der Waals surface area contributed by atoms with Crippen LogP contribution >= 0.6 is 23.1 Å². The summed E-state index contributed by atoms with van der Waals surface area (Å²) in [6.45, 7) is 2.99. The Labute approximate surface area is 122 Å². The summed E-state index contributed by atoms with van der Waals surface area (Å²) in [4.78, 5) is 15.8. The van der Waals surface area contributed by atoms with Crippen LogP contribution < -0.4 is 5.32 Å². The predicted molar refractivity (Wildman–Crippen MR) is 81.4 cm³/mol. The zero-order valence-electron chi connectivity index (χ0n) is 11.2. The van der Waals surface area contributed by atoms with Gasteiger partial charge in [-0.05, 0) is 41.7 Å². The molecule has 0 aliphatic carbocycles. The SMILES string of the molecule is CCC1NC(c2cccs2)N(CC2CCSC2)C1=O. The number of carbonyl (C=O) groups is 1. The molecular formula is C14H20N2OS2. The maximum atomic E-state index is 12.5. The fourth-order valence-corrected chi connectivity index (χ4v) is 4.92. The van der Waals surface area contributed by atoms with Crippen LogP contribution in [0, 0.1) is 5.92 Å². The van der Waals surface area contributed by atoms with Crippen molar-refractivity contribution in [1.29, 1.82) is 0 Å². The van der Waals surface area contributed by atoms with Gasteiger partial charge in [0.1, 0.15) is 6.17 Å². The Bertz CT molecular complexity index is 429. The summed E-state index contributed by atoms with van der Waals surface area (Å²) in [6, 6.07) is 4.19. The lowest BCUT2D eigenvalue weighted by atomic mass is 10.1. The highest BCUT2D eigenvalue weighted by molar-refractivity contribution is 7.99. The molecule has 19 heavy (non-hydrogen) atoms. The van der Waals surface area contributed by atoms with E-state index in [0.717, 1.165) is 13.0 Å². The highest BCUT2D eigenvalue weighted by Gasteiger charge is 2.40. The molecule has 2 aliphatic heterocycles. The maximum absolute atomic E-state index is 12.5. The fraction of sp³-hybridized carbons (Fsp3) is 0.643. The average molecular weight is 296 g/mol. The standard InChI is InChI=1S/C14H20N2OS2/c1-2-11-14(17)16(8-10-5-7-18-9-10)13(15-11)12-4-3-6-19-12/h3-4,6,10-11,13,15H,2,5,7-9H2,1H3. The number of hydrogen-bond donors (Lipinski definition) is 1. The van der Waals surface area contributed by atoms with Crippen molar-refractivity contribution in [2.75, 3.05) is 18.1 Å². The van der Waals surface area contributed by atoms with Crippen LogP contribution in [0.2, 0.25) is 0 Å². The minimum absolute atomic E-state index is 0.00107. The van der Waals surface area contributed by atoms with Crippen molar-refractivity contribution >= 4 is 29.0 Å². The van der Waals surface area contributed by atoms with Crippen LogP contribution in [0.25, 0.3) is 0 Å². The van der Waals surface area contributed by atoms with Gasteiger partial charge in [-0.3, -0.25) is 10.1 Å². The minimum atomic E-state index is 0.00107. The van der Waals surface area contributed by atoms with Crippen molar-refractivity contribution in [3.8, 4) is 0 Å². The predicted octanol–water partition coefficient (Wildman–Crippen LogP) is 2.71. The van der Waals surface area contributed by atoms with Crippen LogP contribution in [0.3, 0.4) is 0 Å². The van der Waals surface area contributed by atoms with E-state index in [-0.39, 0.29) is 18.1 Å². The Morgan fingerprint density at radius 2 is 2.42 bits per heavy atom. The number of thiophene rings is 1. The van der Waals surface area contributed by atoms with E-state index < -0.39 is 0 Å². The third kappa shape index (κ3) is 2.69. The van der Waals surface area contributed by atoms with Gasteiger partial charge in [0.05, 0.1) is 6.04 Å². The minimum Gasteiger partial charge on any atom is -0.320 e. The molecule has 2 aliphatic rings. The second-order valence-electron chi connectivity index (χ2n) is 5.27. The van der Waals surface area contributed by atoms with Crippen molar-refractivity contribution in [1.82, 2.24) is 10.2 Å². The van der Waals surface area contributed by atoms with Crippen LogP contribution in [-0.4, -0.2) is 34.9 Å². The number of nitrogens with zero attached hydrogens (tertiary/aromatic N) is 1. The number of carbonyl (C=O) groups excluding carboxylic acids is 1. The van der Waals surface area contributed by atoms with Gasteiger partial charge in [-0.1, -0.05) is 13.0 Å². The van der Waals surface area contributed by atoms with Crippen molar-refractivity contribution in [3.63, 3.8) is 0 Å². The van der Waals surface area contributed by atoms with E-state index in [1.54, 1.807) is 11.3 Å². The fourth-order valence-electron chi connectivity index (χ4n) is 2.86. The Balaban J connectivity index is 1.77. The van der Waals surface area contributed by atoms with E-state index in [1.165, 1.54) is 22.8 Å². The van der Waals surface area contributed by atoms with E-state index in [4.69, 9.17) is 0 Å². The summed E-state index contributed by atoms with van der Waals surface area (Å²) in [5.41, 5.74) is 0. The molecule has 3 nitrogen and oxygen atoms in total. The molecule has 3 unspecified atom stereocenters. The van der Waals surface area contributed by atoms with Crippen LogP contribution in [-0.2, 0) is 4.79 Å². The molecule has 0 saturated carbocycles. The van der Waals surface area contributed by atoms with Crippen molar-refractivity contribution in [3.05, 3.63) is 22.4 Å². The largest absolute Gasteiger partial charge is 0.320 e. The Morgan fingerprint density at radius 1 is 1.53 bits per heavy atom. The van der Waals surface area contributed by atoms with Crippen LogP contribution in [0.15, 0.2) is 17.5 Å². The van der Waals surface area contributed by atoms with E-state index >= 15 is 0 Å². The molecule has 104 valence electrons. The Morgan fingerprint density at radius 3 is 3.05 bits per heavy atom. The average Bonchev–Trinajstić information content (AvgIpc) is 3.13. The number of amides is 1. The summed E-state index contributed by atoms with van der Waals surface area (Å²) >= 11 is 3.75. The second-order valence-corrected chi connectivity index (χ2v) is 7.39. The molecule has 0 spiro atoms. The van der Waals surface area contributed by atoms with Crippen LogP contribution in [0.5, 0.6) is 0 Å². The van der Waals surface area contributed by atoms with Gasteiger partial charge in [-0.15, -0.1) is 11.3 Å². The highest BCUT2D eigenvalue weighted by atomic mass is 32.2. The third-order valence-electron chi connectivity index (χ3n) is 3.95. The molecule has 0 aromatic carbocycles. The van der Waals surface area contributed by atoms with E-state index in [1.807, 2.05) is 11.8 Å². The van der Waals surface area contributed by atoms with E-state index in [9.17, 15) is 4.79 Å². The molecule has 3 rings (SSSR count). The van der Waals surface area contributed by atoms with Gasteiger partial charge in [-0.2, -0.15) is 11.8 Å². The van der Waals surface area contributed by atoms with Crippen molar-refractivity contribution < 1.29 is 4.79 Å². The number of hydrogen-bond acceptors (Lipinski definition) is 4. The molecule has 0 bridgehead atoms. The van der Waals surface area contributed by atoms with Gasteiger partial charge >= 0.3 is 0 Å². The summed E-state index contributed by atoms with van der Waals surface area (Å²) in [5.74, 6) is 3.42. The molecule has 2 saturated heterocycles. The smallest absolute Gasteiger partial charge is 0.241 e. The van der Waals surface area contributed by atoms with Crippen LogP contribution in [0.1, 0.15) is 30.8 Å². The summed E-state index contributed by atoms with van der Waals surface area (Å²) < 4.78 is 0. The van der Waals surface area contributed by atoms with E-state index in [2.05, 4.69) is 34.7 Å². The maximum Gasteiger partial charge on any atom is 0.241 e. The lowest BCUT2D eigenvalue weighted by Gasteiger charge is -2.26. The molecule has 3 atom stereocenters. The molecule has 0 radical (unpaired) electrons. The molecular weight excluding hydrogens is 276 g/mol. The first-order valence-electron chi connectivity index (χ1n) is 6.97. The summed E-state index contributed by atoms with van der Waals surface area (Å²) in [7, 11) is 0. The van der Waals surface area contributed by atoms with Gasteiger partial charge in [0.2, 0.25) is 5.91 Å². The molecule has 1 amide bonds. The zero-order valence-corrected chi connectivity index (χ0v) is 12.8. The molecule has 1 aromatic heterocycles. The van der Waals surface area contributed by atoms with E-state index in [0.29, 0.717) is 5.92 Å². The molecule has 1 N–H and O–H groups in total. The lowest BCUT2D eigenvalue weighted by Crippen LogP contribution is -2.35. The quantitative estimate of drug-likeness (QED) is 0.927. The molecule has 3 heterocycles. The second kappa shape index (κ2) is 5.85. The Kier molecular flexibility index (Phi) is 4.15. The zero-order chi connectivity index (χ0) is 13.2. The summed E-state index contributed by atoms with van der Waals surface area (Å²) in [6.07, 6.45) is 2.22. The Hall–Kier alpha value is -0.520. The van der Waals surface area contributed by atoms with Crippen molar-refractivity contribution in [2.45, 2.75) is 32.0 Å². The summed E-state index contributed by atoms with van der Waals surface area (Å²) in [5, 5.41) is 5.58. The van der Waals surface area contributed by atoms with Gasteiger partial charge < -0.3 is 4.90 Å². The van der Waals surface area contributed by atoms with Crippen LogP contribution in [0.4, 0.5) is 0 Å². The first-order chi connectivity index (χ1) is 9.29. The molecule has 1 aromatic rings. The normalized spacial score (nSPS) is 31.3.